The SMILES string of the molecule is CN(C[C@]1(c2ccccc2)CC1C=O)C(=O)OC(C)(C)C. The van der Waals surface area contributed by atoms with Crippen molar-refractivity contribution < 1.29 is 14.3 Å². The Morgan fingerprint density at radius 1 is 1.38 bits per heavy atom. The number of carbonyl (C=O) groups excluding carboxylic acids is 2. The van der Waals surface area contributed by atoms with Gasteiger partial charge in [0.2, 0.25) is 0 Å². The zero-order valence-electron chi connectivity index (χ0n) is 13.1. The lowest BCUT2D eigenvalue weighted by Gasteiger charge is -2.28. The van der Waals surface area contributed by atoms with Gasteiger partial charge in [-0.15, -0.1) is 0 Å². The van der Waals surface area contributed by atoms with Gasteiger partial charge in [-0.25, -0.2) is 4.79 Å². The molecule has 1 fully saturated rings. The summed E-state index contributed by atoms with van der Waals surface area (Å²) < 4.78 is 5.38. The molecule has 1 unspecified atom stereocenters. The Bertz CT molecular complexity index is 521. The number of nitrogens with zero attached hydrogens (tertiary/aromatic N) is 1. The Morgan fingerprint density at radius 3 is 2.48 bits per heavy atom. The van der Waals surface area contributed by atoms with Crippen LogP contribution in [0.25, 0.3) is 0 Å². The maximum absolute atomic E-state index is 12.1. The van der Waals surface area contributed by atoms with Gasteiger partial charge in [0, 0.05) is 24.9 Å². The number of carbonyl (C=O) groups is 2. The molecule has 1 saturated carbocycles. The van der Waals surface area contributed by atoms with Crippen LogP contribution >= 0.6 is 0 Å². The molecule has 21 heavy (non-hydrogen) atoms. The summed E-state index contributed by atoms with van der Waals surface area (Å²) in [6, 6.07) is 9.92. The first kappa shape index (κ1) is 15.5. The molecule has 2 rings (SSSR count). The van der Waals surface area contributed by atoms with Gasteiger partial charge in [-0.1, -0.05) is 30.3 Å². The highest BCUT2D eigenvalue weighted by Gasteiger charge is 2.56. The minimum Gasteiger partial charge on any atom is -0.444 e. The van der Waals surface area contributed by atoms with Gasteiger partial charge in [-0.05, 0) is 32.8 Å². The Balaban J connectivity index is 2.12. The molecular weight excluding hydrogens is 266 g/mol. The Morgan fingerprint density at radius 2 is 2.00 bits per heavy atom. The van der Waals surface area contributed by atoms with Gasteiger partial charge in [0.05, 0.1) is 0 Å². The van der Waals surface area contributed by atoms with Crippen LogP contribution in [0.3, 0.4) is 0 Å². The number of ether oxygens (including phenoxy) is 1. The number of hydrogen-bond acceptors (Lipinski definition) is 3. The molecule has 1 aliphatic rings. The third kappa shape index (κ3) is 3.43. The topological polar surface area (TPSA) is 46.6 Å². The van der Waals surface area contributed by atoms with Crippen LogP contribution < -0.4 is 0 Å². The Hall–Kier alpha value is -1.84. The van der Waals surface area contributed by atoms with Gasteiger partial charge < -0.3 is 14.4 Å². The summed E-state index contributed by atoms with van der Waals surface area (Å²) >= 11 is 0. The van der Waals surface area contributed by atoms with E-state index in [1.54, 1.807) is 11.9 Å². The highest BCUT2D eigenvalue weighted by atomic mass is 16.6. The van der Waals surface area contributed by atoms with Crippen LogP contribution in [-0.2, 0) is 14.9 Å². The molecule has 0 aliphatic heterocycles. The normalized spacial score (nSPS) is 24.3. The largest absolute Gasteiger partial charge is 0.444 e. The minimum atomic E-state index is -0.515. The summed E-state index contributed by atoms with van der Waals surface area (Å²) in [4.78, 5) is 24.9. The molecule has 0 radical (unpaired) electrons. The third-order valence-corrected chi connectivity index (χ3v) is 3.87. The molecule has 1 amide bonds. The summed E-state index contributed by atoms with van der Waals surface area (Å²) in [5.74, 6) is -0.0233. The molecule has 0 heterocycles. The fraction of sp³-hybridized carbons (Fsp3) is 0.529. The van der Waals surface area contributed by atoms with Crippen molar-refractivity contribution in [2.75, 3.05) is 13.6 Å². The van der Waals surface area contributed by atoms with E-state index >= 15 is 0 Å². The molecule has 1 aromatic rings. The number of rotatable bonds is 4. The Kier molecular flexibility index (Phi) is 4.08. The molecule has 2 atom stereocenters. The van der Waals surface area contributed by atoms with E-state index in [2.05, 4.69) is 0 Å². The van der Waals surface area contributed by atoms with Crippen LogP contribution in [0.5, 0.6) is 0 Å². The van der Waals surface area contributed by atoms with Crippen LogP contribution in [0.1, 0.15) is 32.8 Å². The number of aldehydes is 1. The molecule has 0 N–H and O–H groups in total. The molecule has 0 saturated heterocycles. The average molecular weight is 289 g/mol. The van der Waals surface area contributed by atoms with Crippen LogP contribution in [0.2, 0.25) is 0 Å². The second kappa shape index (κ2) is 5.51. The molecule has 0 spiro atoms. The molecule has 0 bridgehead atoms. The van der Waals surface area contributed by atoms with Crippen molar-refractivity contribution >= 4 is 12.4 Å². The van der Waals surface area contributed by atoms with E-state index in [1.165, 1.54) is 0 Å². The van der Waals surface area contributed by atoms with Gasteiger partial charge in [-0.2, -0.15) is 0 Å². The molecule has 4 heteroatoms. The zero-order valence-corrected chi connectivity index (χ0v) is 13.1. The van der Waals surface area contributed by atoms with Crippen molar-refractivity contribution in [3.05, 3.63) is 35.9 Å². The van der Waals surface area contributed by atoms with Crippen molar-refractivity contribution in [3.8, 4) is 0 Å². The van der Waals surface area contributed by atoms with Crippen LogP contribution in [0.4, 0.5) is 4.79 Å². The molecule has 0 aromatic heterocycles. The smallest absolute Gasteiger partial charge is 0.410 e. The summed E-state index contributed by atoms with van der Waals surface area (Å²) in [5.41, 5.74) is 0.338. The molecular formula is C17H23NO3. The van der Waals surface area contributed by atoms with Crippen molar-refractivity contribution in [1.29, 1.82) is 0 Å². The zero-order chi connectivity index (χ0) is 15.7. The van der Waals surface area contributed by atoms with Crippen LogP contribution in [0.15, 0.2) is 30.3 Å². The van der Waals surface area contributed by atoms with Gasteiger partial charge in [-0.3, -0.25) is 0 Å². The lowest BCUT2D eigenvalue weighted by molar-refractivity contribution is -0.109. The lowest BCUT2D eigenvalue weighted by Crippen LogP contribution is -2.39. The fourth-order valence-electron chi connectivity index (χ4n) is 2.71. The third-order valence-electron chi connectivity index (χ3n) is 3.87. The van der Waals surface area contributed by atoms with Crippen LogP contribution in [-0.4, -0.2) is 36.5 Å². The summed E-state index contributed by atoms with van der Waals surface area (Å²) in [6.07, 6.45) is 1.43. The van der Waals surface area contributed by atoms with E-state index in [0.29, 0.717) is 6.54 Å². The number of likely N-dealkylation sites (N-methyl/N-ethyl adjacent to an activating group) is 1. The second-order valence-electron chi connectivity index (χ2n) is 6.81. The first-order chi connectivity index (χ1) is 9.78. The standard InChI is InChI=1S/C17H23NO3/c1-16(2,3)21-15(20)18(4)12-17(10-14(17)11-19)13-8-6-5-7-9-13/h5-9,11,14H,10,12H2,1-4H3/t14?,17-/m0/s1. The van der Waals surface area contributed by atoms with Gasteiger partial charge in [0.25, 0.3) is 0 Å². The van der Waals surface area contributed by atoms with E-state index in [1.807, 2.05) is 51.1 Å². The van der Waals surface area contributed by atoms with Crippen molar-refractivity contribution in [2.24, 2.45) is 5.92 Å². The predicted molar refractivity (Wildman–Crippen MR) is 81.2 cm³/mol. The highest BCUT2D eigenvalue weighted by Crippen LogP contribution is 2.53. The van der Waals surface area contributed by atoms with E-state index < -0.39 is 5.60 Å². The number of benzene rings is 1. The lowest BCUT2D eigenvalue weighted by atomic mass is 9.93. The quantitative estimate of drug-likeness (QED) is 0.800. The van der Waals surface area contributed by atoms with E-state index in [-0.39, 0.29) is 17.4 Å². The monoisotopic (exact) mass is 289 g/mol. The number of hydrogen-bond donors (Lipinski definition) is 0. The van der Waals surface area contributed by atoms with Gasteiger partial charge in [0.15, 0.2) is 0 Å². The minimum absolute atomic E-state index is 0.0233. The maximum Gasteiger partial charge on any atom is 0.410 e. The summed E-state index contributed by atoms with van der Waals surface area (Å²) in [6.45, 7) is 6.03. The summed E-state index contributed by atoms with van der Waals surface area (Å²) in [7, 11) is 1.72. The first-order valence-corrected chi connectivity index (χ1v) is 7.23. The van der Waals surface area contributed by atoms with E-state index in [0.717, 1.165) is 18.3 Å². The van der Waals surface area contributed by atoms with Crippen molar-refractivity contribution in [2.45, 2.75) is 38.2 Å². The average Bonchev–Trinajstić information content (AvgIpc) is 3.12. The number of amides is 1. The van der Waals surface area contributed by atoms with Crippen molar-refractivity contribution in [3.63, 3.8) is 0 Å². The van der Waals surface area contributed by atoms with E-state index in [9.17, 15) is 9.59 Å². The van der Waals surface area contributed by atoms with Crippen molar-refractivity contribution in [1.82, 2.24) is 4.90 Å². The molecule has 1 aliphatic carbocycles. The Labute approximate surface area is 126 Å². The van der Waals surface area contributed by atoms with Crippen LogP contribution in [0, 0.1) is 5.92 Å². The fourth-order valence-corrected chi connectivity index (χ4v) is 2.71. The van der Waals surface area contributed by atoms with E-state index in [4.69, 9.17) is 4.74 Å². The first-order valence-electron chi connectivity index (χ1n) is 7.23. The maximum atomic E-state index is 12.1. The molecule has 4 nitrogen and oxygen atoms in total. The molecule has 1 aromatic carbocycles. The summed E-state index contributed by atoms with van der Waals surface area (Å²) in [5, 5.41) is 0. The molecule has 114 valence electrons. The second-order valence-corrected chi connectivity index (χ2v) is 6.81. The predicted octanol–water partition coefficient (Wildman–Crippen LogP) is 3.01. The van der Waals surface area contributed by atoms with Gasteiger partial charge in [0.1, 0.15) is 11.9 Å². The highest BCUT2D eigenvalue weighted by molar-refractivity contribution is 5.70. The van der Waals surface area contributed by atoms with Gasteiger partial charge >= 0.3 is 6.09 Å².